The second-order valence-electron chi connectivity index (χ2n) is 5.28. The zero-order valence-electron chi connectivity index (χ0n) is 12.0. The SMILES string of the molecule is C=CCN1C(=NC(=O)CCCC(=O)O)S[C@H]2CS(=O)(=O)C[C@@H]21. The molecule has 0 saturated carbocycles. The van der Waals surface area contributed by atoms with E-state index in [1.54, 1.807) is 6.08 Å². The number of amides is 1. The van der Waals surface area contributed by atoms with E-state index in [1.807, 2.05) is 4.90 Å². The van der Waals surface area contributed by atoms with Gasteiger partial charge in [-0.2, -0.15) is 4.99 Å². The van der Waals surface area contributed by atoms with Gasteiger partial charge in [0.25, 0.3) is 0 Å². The van der Waals surface area contributed by atoms with Crippen LogP contribution in [0.1, 0.15) is 19.3 Å². The van der Waals surface area contributed by atoms with Crippen LogP contribution in [0.4, 0.5) is 0 Å². The lowest BCUT2D eigenvalue weighted by Gasteiger charge is -2.22. The molecule has 0 aromatic heterocycles. The van der Waals surface area contributed by atoms with E-state index in [1.165, 1.54) is 11.8 Å². The lowest BCUT2D eigenvalue weighted by molar-refractivity contribution is -0.137. The second kappa shape index (κ2) is 6.82. The molecule has 7 nitrogen and oxygen atoms in total. The molecule has 0 aromatic carbocycles. The van der Waals surface area contributed by atoms with Gasteiger partial charge in [-0.3, -0.25) is 9.59 Å². The van der Waals surface area contributed by atoms with Crippen molar-refractivity contribution in [3.8, 4) is 0 Å². The van der Waals surface area contributed by atoms with Crippen molar-refractivity contribution in [2.45, 2.75) is 30.6 Å². The molecule has 2 atom stereocenters. The standard InChI is InChI=1S/C13H18N2O5S2/c1-2-6-15-9-7-22(19,20)8-10(9)21-13(15)14-11(16)4-3-5-12(17)18/h2,9-10H,1,3-8H2,(H,17,18)/t9-,10-/m0/s1. The maximum Gasteiger partial charge on any atom is 0.303 e. The molecule has 0 bridgehead atoms. The molecule has 2 aliphatic heterocycles. The van der Waals surface area contributed by atoms with Crippen molar-refractivity contribution >= 4 is 38.6 Å². The molecular weight excluding hydrogens is 328 g/mol. The summed E-state index contributed by atoms with van der Waals surface area (Å²) in [4.78, 5) is 28.1. The minimum absolute atomic E-state index is 0.0659. The number of carbonyl (C=O) groups excluding carboxylic acids is 1. The van der Waals surface area contributed by atoms with Gasteiger partial charge in [-0.15, -0.1) is 6.58 Å². The highest BCUT2D eigenvalue weighted by Gasteiger charge is 2.48. The first kappa shape index (κ1) is 17.0. The first-order valence-electron chi connectivity index (χ1n) is 6.90. The number of thioether (sulfide) groups is 1. The van der Waals surface area contributed by atoms with Crippen molar-refractivity contribution < 1.29 is 23.1 Å². The largest absolute Gasteiger partial charge is 0.481 e. The van der Waals surface area contributed by atoms with Crippen molar-refractivity contribution in [3.63, 3.8) is 0 Å². The molecule has 0 aliphatic carbocycles. The third kappa shape index (κ3) is 4.10. The molecule has 2 heterocycles. The van der Waals surface area contributed by atoms with Gasteiger partial charge in [0.05, 0.1) is 17.5 Å². The lowest BCUT2D eigenvalue weighted by atomic mass is 10.2. The van der Waals surface area contributed by atoms with E-state index in [-0.39, 0.29) is 48.0 Å². The summed E-state index contributed by atoms with van der Waals surface area (Å²) in [6, 6.07) is -0.168. The number of hydrogen-bond acceptors (Lipinski definition) is 5. The van der Waals surface area contributed by atoms with Crippen molar-refractivity contribution in [3.05, 3.63) is 12.7 Å². The average molecular weight is 346 g/mol. The third-order valence-electron chi connectivity index (χ3n) is 3.50. The van der Waals surface area contributed by atoms with Crippen molar-refractivity contribution in [2.24, 2.45) is 4.99 Å². The summed E-state index contributed by atoms with van der Waals surface area (Å²) >= 11 is 1.31. The minimum atomic E-state index is -3.03. The monoisotopic (exact) mass is 346 g/mol. The van der Waals surface area contributed by atoms with Gasteiger partial charge in [-0.1, -0.05) is 17.8 Å². The van der Waals surface area contributed by atoms with Gasteiger partial charge in [0, 0.05) is 24.6 Å². The normalized spacial score (nSPS) is 27.8. The highest BCUT2D eigenvalue weighted by atomic mass is 32.2. The van der Waals surface area contributed by atoms with Gasteiger partial charge < -0.3 is 10.0 Å². The zero-order valence-corrected chi connectivity index (χ0v) is 13.6. The summed E-state index contributed by atoms with van der Waals surface area (Å²) in [7, 11) is -3.03. The number of amidine groups is 1. The predicted molar refractivity (Wildman–Crippen MR) is 84.7 cm³/mol. The summed E-state index contributed by atoms with van der Waals surface area (Å²) < 4.78 is 23.4. The Kier molecular flexibility index (Phi) is 5.28. The summed E-state index contributed by atoms with van der Waals surface area (Å²) in [5, 5.41) is 8.97. The number of aliphatic imine (C=N–C) groups is 1. The molecule has 0 aromatic rings. The first-order valence-corrected chi connectivity index (χ1v) is 9.60. The zero-order chi connectivity index (χ0) is 16.3. The summed E-state index contributed by atoms with van der Waals surface area (Å²) in [5.41, 5.74) is 0. The fourth-order valence-corrected chi connectivity index (χ4v) is 6.52. The predicted octanol–water partition coefficient (Wildman–Crippen LogP) is 0.524. The molecule has 122 valence electrons. The highest BCUT2D eigenvalue weighted by molar-refractivity contribution is 8.15. The smallest absolute Gasteiger partial charge is 0.303 e. The van der Waals surface area contributed by atoms with Crippen molar-refractivity contribution in [1.82, 2.24) is 4.90 Å². The fraction of sp³-hybridized carbons (Fsp3) is 0.615. The van der Waals surface area contributed by atoms with E-state index in [0.29, 0.717) is 11.7 Å². The van der Waals surface area contributed by atoms with E-state index in [4.69, 9.17) is 5.11 Å². The van der Waals surface area contributed by atoms with E-state index in [9.17, 15) is 18.0 Å². The van der Waals surface area contributed by atoms with E-state index >= 15 is 0 Å². The molecule has 0 spiro atoms. The van der Waals surface area contributed by atoms with Gasteiger partial charge in [0.15, 0.2) is 15.0 Å². The number of hydrogen-bond donors (Lipinski definition) is 1. The van der Waals surface area contributed by atoms with Crippen LogP contribution in [-0.2, 0) is 19.4 Å². The Bertz CT molecular complexity index is 614. The average Bonchev–Trinajstić information content (AvgIpc) is 2.83. The number of aliphatic carboxylic acids is 1. The number of nitrogens with zero attached hydrogens (tertiary/aromatic N) is 2. The number of carbonyl (C=O) groups is 2. The Morgan fingerprint density at radius 1 is 1.41 bits per heavy atom. The maximum atomic E-state index is 11.8. The Labute approximate surface area is 133 Å². The molecule has 2 rings (SSSR count). The summed E-state index contributed by atoms with van der Waals surface area (Å²) in [6.45, 7) is 4.09. The number of carboxylic acid groups (broad SMARTS) is 1. The van der Waals surface area contributed by atoms with E-state index < -0.39 is 15.8 Å². The van der Waals surface area contributed by atoms with Crippen LogP contribution in [-0.4, -0.2) is 64.8 Å². The lowest BCUT2D eigenvalue weighted by Crippen LogP contribution is -2.37. The Morgan fingerprint density at radius 3 is 2.77 bits per heavy atom. The van der Waals surface area contributed by atoms with Gasteiger partial charge >= 0.3 is 5.97 Å². The van der Waals surface area contributed by atoms with Crippen LogP contribution in [0.2, 0.25) is 0 Å². The van der Waals surface area contributed by atoms with Crippen LogP contribution >= 0.6 is 11.8 Å². The first-order chi connectivity index (χ1) is 10.3. The number of rotatable bonds is 6. The molecule has 2 aliphatic rings. The van der Waals surface area contributed by atoms with E-state index in [2.05, 4.69) is 11.6 Å². The molecule has 22 heavy (non-hydrogen) atoms. The molecular formula is C13H18N2O5S2. The van der Waals surface area contributed by atoms with Crippen LogP contribution < -0.4 is 0 Å². The van der Waals surface area contributed by atoms with Gasteiger partial charge in [-0.25, -0.2) is 8.42 Å². The molecule has 2 saturated heterocycles. The maximum absolute atomic E-state index is 11.8. The molecule has 0 unspecified atom stereocenters. The Balaban J connectivity index is 2.04. The number of fused-ring (bicyclic) bond motifs is 1. The second-order valence-corrected chi connectivity index (χ2v) is 8.64. The van der Waals surface area contributed by atoms with Crippen molar-refractivity contribution in [2.75, 3.05) is 18.1 Å². The summed E-state index contributed by atoms with van der Waals surface area (Å²) in [6.07, 6.45) is 1.91. The molecule has 2 fully saturated rings. The van der Waals surface area contributed by atoms with Crippen LogP contribution in [0.15, 0.2) is 17.6 Å². The topological polar surface area (TPSA) is 104 Å². The molecule has 9 heteroatoms. The van der Waals surface area contributed by atoms with Crippen LogP contribution in [0.5, 0.6) is 0 Å². The number of sulfone groups is 1. The Hall–Kier alpha value is -1.35. The molecule has 1 amide bonds. The fourth-order valence-electron chi connectivity index (χ4n) is 2.54. The molecule has 0 radical (unpaired) electrons. The summed E-state index contributed by atoms with van der Waals surface area (Å²) in [5.74, 6) is -1.14. The highest BCUT2D eigenvalue weighted by Crippen LogP contribution is 2.38. The van der Waals surface area contributed by atoms with E-state index in [0.717, 1.165) is 0 Å². The third-order valence-corrected chi connectivity index (χ3v) is 6.75. The van der Waals surface area contributed by atoms with Crippen LogP contribution in [0.3, 0.4) is 0 Å². The van der Waals surface area contributed by atoms with Crippen molar-refractivity contribution in [1.29, 1.82) is 0 Å². The minimum Gasteiger partial charge on any atom is -0.481 e. The van der Waals surface area contributed by atoms with Crippen LogP contribution in [0.25, 0.3) is 0 Å². The van der Waals surface area contributed by atoms with Gasteiger partial charge in [-0.05, 0) is 6.42 Å². The number of carboxylic acids is 1. The molecule has 1 N–H and O–H groups in total. The van der Waals surface area contributed by atoms with Gasteiger partial charge in [0.2, 0.25) is 5.91 Å². The van der Waals surface area contributed by atoms with Crippen LogP contribution in [0, 0.1) is 0 Å². The Morgan fingerprint density at radius 2 is 2.14 bits per heavy atom. The quantitative estimate of drug-likeness (QED) is 0.699. The van der Waals surface area contributed by atoms with Gasteiger partial charge in [0.1, 0.15) is 0 Å².